The minimum Gasteiger partial charge on any atom is -0.309 e. The molecule has 2 aromatic heterocycles. The molecule has 268 valence electrons. The highest BCUT2D eigenvalue weighted by molar-refractivity contribution is 6.18. The van der Waals surface area contributed by atoms with E-state index in [1.807, 2.05) is 18.2 Å². The number of hydrogen-bond acceptors (Lipinski definition) is 3. The van der Waals surface area contributed by atoms with Crippen LogP contribution in [0.25, 0.3) is 94.3 Å². The zero-order valence-corrected chi connectivity index (χ0v) is 31.1. The molecule has 8 aromatic carbocycles. The third-order valence-corrected chi connectivity index (χ3v) is 11.3. The molecular formula is C53H36N4. The van der Waals surface area contributed by atoms with E-state index in [-0.39, 0.29) is 0 Å². The Morgan fingerprint density at radius 3 is 1.95 bits per heavy atom. The third kappa shape index (κ3) is 5.82. The maximum absolute atomic E-state index is 5.27. The molecule has 0 aliphatic heterocycles. The Kier molecular flexibility index (Phi) is 7.92. The minimum absolute atomic E-state index is 0.293. The van der Waals surface area contributed by atoms with E-state index in [0.717, 1.165) is 45.3 Å². The first kappa shape index (κ1) is 33.0. The van der Waals surface area contributed by atoms with Crippen molar-refractivity contribution >= 4 is 43.4 Å². The summed E-state index contributed by atoms with van der Waals surface area (Å²) >= 11 is 0. The molecular weight excluding hydrogens is 693 g/mol. The van der Waals surface area contributed by atoms with Crippen LogP contribution in [0.5, 0.6) is 0 Å². The molecule has 0 fully saturated rings. The van der Waals surface area contributed by atoms with Crippen molar-refractivity contribution in [2.45, 2.75) is 12.3 Å². The van der Waals surface area contributed by atoms with Gasteiger partial charge in [0.1, 0.15) is 0 Å². The van der Waals surface area contributed by atoms with Crippen LogP contribution in [0.2, 0.25) is 0 Å². The standard InChI is InChI=1S/C53H36N4/c1-3-15-35(16-4-1)42-32-40-20-8-9-25-44(40)48(34-42)53-55-51(37-18-5-2-6-19-37)54-52(56-53)41-23-13-21-38(31-41)39-22-14-24-43(33-39)57-49-28-12-11-27-46(49)47-30-29-36-17-7-10-26-45(36)50(47)57/h1-15,17-35H,16H2. The van der Waals surface area contributed by atoms with Gasteiger partial charge in [0, 0.05) is 44.5 Å². The summed E-state index contributed by atoms with van der Waals surface area (Å²) in [5.74, 6) is 2.25. The average Bonchev–Trinajstić information content (AvgIpc) is 3.64. The molecule has 4 nitrogen and oxygen atoms in total. The molecule has 10 aromatic rings. The van der Waals surface area contributed by atoms with Gasteiger partial charge in [-0.2, -0.15) is 0 Å². The van der Waals surface area contributed by atoms with Gasteiger partial charge >= 0.3 is 0 Å². The summed E-state index contributed by atoms with van der Waals surface area (Å²) in [4.78, 5) is 15.6. The van der Waals surface area contributed by atoms with E-state index in [1.54, 1.807) is 0 Å². The van der Waals surface area contributed by atoms with E-state index in [0.29, 0.717) is 23.4 Å². The van der Waals surface area contributed by atoms with Crippen LogP contribution < -0.4 is 0 Å². The van der Waals surface area contributed by atoms with E-state index in [4.69, 9.17) is 15.0 Å². The number of allylic oxidation sites excluding steroid dienone is 4. The number of benzene rings is 8. The number of fused-ring (bicyclic) bond motifs is 6. The molecule has 1 unspecified atom stereocenters. The van der Waals surface area contributed by atoms with Gasteiger partial charge in [-0.1, -0.05) is 170 Å². The van der Waals surface area contributed by atoms with E-state index < -0.39 is 0 Å². The van der Waals surface area contributed by atoms with E-state index in [1.165, 1.54) is 43.5 Å². The molecule has 2 heterocycles. The van der Waals surface area contributed by atoms with E-state index >= 15 is 0 Å². The fraction of sp³-hybridized carbons (Fsp3) is 0.0377. The fourth-order valence-electron chi connectivity index (χ4n) is 8.56. The van der Waals surface area contributed by atoms with Gasteiger partial charge < -0.3 is 4.57 Å². The van der Waals surface area contributed by atoms with Gasteiger partial charge in [-0.15, -0.1) is 0 Å². The molecule has 57 heavy (non-hydrogen) atoms. The second kappa shape index (κ2) is 13.7. The molecule has 0 saturated carbocycles. The second-order valence-electron chi connectivity index (χ2n) is 14.8. The topological polar surface area (TPSA) is 43.6 Å². The Bertz CT molecular complexity index is 3230. The Morgan fingerprint density at radius 1 is 0.439 bits per heavy atom. The van der Waals surface area contributed by atoms with Crippen molar-refractivity contribution in [3.05, 3.63) is 206 Å². The number of aromatic nitrogens is 4. The van der Waals surface area contributed by atoms with Crippen LogP contribution in [0.4, 0.5) is 0 Å². The summed E-state index contributed by atoms with van der Waals surface area (Å²) in [5.41, 5.74) is 9.88. The van der Waals surface area contributed by atoms with Gasteiger partial charge in [0.05, 0.1) is 11.0 Å². The molecule has 4 heteroatoms. The Morgan fingerprint density at radius 2 is 1.11 bits per heavy atom. The van der Waals surface area contributed by atoms with Gasteiger partial charge in [-0.25, -0.2) is 15.0 Å². The third-order valence-electron chi connectivity index (χ3n) is 11.3. The van der Waals surface area contributed by atoms with Crippen LogP contribution in [-0.2, 0) is 0 Å². The summed E-state index contributed by atoms with van der Waals surface area (Å²) in [6, 6.07) is 62.7. The molecule has 0 spiro atoms. The predicted octanol–water partition coefficient (Wildman–Crippen LogP) is 13.5. The van der Waals surface area contributed by atoms with Crippen LogP contribution >= 0.6 is 0 Å². The highest BCUT2D eigenvalue weighted by Crippen LogP contribution is 2.39. The van der Waals surface area contributed by atoms with Crippen molar-refractivity contribution in [1.29, 1.82) is 0 Å². The predicted molar refractivity (Wildman–Crippen MR) is 237 cm³/mol. The lowest BCUT2D eigenvalue weighted by molar-refractivity contribution is 0.855. The summed E-state index contributed by atoms with van der Waals surface area (Å²) < 4.78 is 2.42. The first-order chi connectivity index (χ1) is 28.2. The summed E-state index contributed by atoms with van der Waals surface area (Å²) in [6.45, 7) is 0. The number of para-hydroxylation sites is 1. The SMILES string of the molecule is C1=CCC(c2cc(-c3nc(-c4ccccc4)nc(-c4cccc(-c5cccc(-n6c7ccccc7c7ccc8ccccc8c76)c5)c4)n3)c3ccccc3c2)C=C1. The van der Waals surface area contributed by atoms with Crippen LogP contribution in [-0.4, -0.2) is 19.5 Å². The largest absolute Gasteiger partial charge is 0.309 e. The summed E-state index contributed by atoms with van der Waals surface area (Å²) in [6.07, 6.45) is 9.76. The molecule has 0 saturated heterocycles. The first-order valence-corrected chi connectivity index (χ1v) is 19.6. The van der Waals surface area contributed by atoms with Crippen LogP contribution in [0.1, 0.15) is 17.9 Å². The number of hydrogen-bond donors (Lipinski definition) is 0. The monoisotopic (exact) mass is 728 g/mol. The zero-order valence-electron chi connectivity index (χ0n) is 31.1. The van der Waals surface area contributed by atoms with Crippen molar-refractivity contribution in [2.75, 3.05) is 0 Å². The fourth-order valence-corrected chi connectivity index (χ4v) is 8.56. The second-order valence-corrected chi connectivity index (χ2v) is 14.8. The Hall–Kier alpha value is -7.43. The molecule has 1 aliphatic carbocycles. The van der Waals surface area contributed by atoms with E-state index in [9.17, 15) is 0 Å². The van der Waals surface area contributed by atoms with Crippen molar-refractivity contribution < 1.29 is 0 Å². The van der Waals surface area contributed by atoms with Crippen molar-refractivity contribution in [3.8, 4) is 51.0 Å². The molecule has 0 amide bonds. The molecule has 1 aliphatic rings. The Balaban J connectivity index is 1.06. The molecule has 0 bridgehead atoms. The van der Waals surface area contributed by atoms with Gasteiger partial charge in [0.2, 0.25) is 0 Å². The maximum Gasteiger partial charge on any atom is 0.164 e. The lowest BCUT2D eigenvalue weighted by atomic mass is 9.89. The van der Waals surface area contributed by atoms with Crippen molar-refractivity contribution in [1.82, 2.24) is 19.5 Å². The summed E-state index contributed by atoms with van der Waals surface area (Å²) in [5, 5.41) is 7.26. The van der Waals surface area contributed by atoms with Crippen LogP contribution in [0.15, 0.2) is 200 Å². The highest BCUT2D eigenvalue weighted by atomic mass is 15.0. The van der Waals surface area contributed by atoms with Crippen LogP contribution in [0.3, 0.4) is 0 Å². The van der Waals surface area contributed by atoms with Crippen LogP contribution in [0, 0.1) is 0 Å². The van der Waals surface area contributed by atoms with Crippen molar-refractivity contribution in [3.63, 3.8) is 0 Å². The lowest BCUT2D eigenvalue weighted by Gasteiger charge is -2.17. The van der Waals surface area contributed by atoms with Gasteiger partial charge in [-0.3, -0.25) is 0 Å². The summed E-state index contributed by atoms with van der Waals surface area (Å²) in [7, 11) is 0. The molecule has 11 rings (SSSR count). The Labute approximate surface area is 330 Å². The molecule has 1 atom stereocenters. The molecule has 0 N–H and O–H groups in total. The normalized spacial score (nSPS) is 13.9. The van der Waals surface area contributed by atoms with Gasteiger partial charge in [-0.05, 0) is 69.6 Å². The first-order valence-electron chi connectivity index (χ1n) is 19.6. The van der Waals surface area contributed by atoms with Crippen molar-refractivity contribution in [2.24, 2.45) is 0 Å². The van der Waals surface area contributed by atoms with Gasteiger partial charge in [0.15, 0.2) is 17.5 Å². The minimum atomic E-state index is 0.293. The smallest absolute Gasteiger partial charge is 0.164 e. The van der Waals surface area contributed by atoms with Gasteiger partial charge in [0.25, 0.3) is 0 Å². The maximum atomic E-state index is 5.27. The zero-order chi connectivity index (χ0) is 37.7. The van der Waals surface area contributed by atoms with E-state index in [2.05, 4.69) is 187 Å². The quantitative estimate of drug-likeness (QED) is 0.171. The molecule has 0 radical (unpaired) electrons. The average molecular weight is 729 g/mol. The number of nitrogens with zero attached hydrogens (tertiary/aromatic N) is 4. The lowest BCUT2D eigenvalue weighted by Crippen LogP contribution is -2.02. The number of rotatable bonds is 6. The highest BCUT2D eigenvalue weighted by Gasteiger charge is 2.19.